The van der Waals surface area contributed by atoms with E-state index in [4.69, 9.17) is 9.62 Å². The standard InChI is InChI=1S/C19H14N2O4/c22-19(23)18-17(13-2-1-7-20-9-13)15(10-25-18)12-3-5-14-11(8-12)4-6-16(14)21-24/h1-3,5,7-10,24H,4,6H2,(H,22,23). The fourth-order valence-electron chi connectivity index (χ4n) is 3.27. The van der Waals surface area contributed by atoms with Crippen molar-refractivity contribution in [3.05, 3.63) is 65.9 Å². The number of rotatable bonds is 3. The van der Waals surface area contributed by atoms with Crippen LogP contribution in [0, 0.1) is 0 Å². The van der Waals surface area contributed by atoms with E-state index in [9.17, 15) is 9.90 Å². The predicted octanol–water partition coefficient (Wildman–Crippen LogP) is 3.83. The highest BCUT2D eigenvalue weighted by Gasteiger charge is 2.24. The van der Waals surface area contributed by atoms with Crippen LogP contribution in [0.3, 0.4) is 0 Å². The van der Waals surface area contributed by atoms with Gasteiger partial charge in [-0.1, -0.05) is 29.4 Å². The van der Waals surface area contributed by atoms with Gasteiger partial charge in [0.15, 0.2) is 0 Å². The van der Waals surface area contributed by atoms with Crippen molar-refractivity contribution >= 4 is 11.7 Å². The number of carboxylic acid groups (broad SMARTS) is 1. The number of hydrogen-bond donors (Lipinski definition) is 2. The maximum absolute atomic E-state index is 11.6. The zero-order valence-corrected chi connectivity index (χ0v) is 13.1. The lowest BCUT2D eigenvalue weighted by Gasteiger charge is -2.07. The number of benzene rings is 1. The van der Waals surface area contributed by atoms with E-state index < -0.39 is 5.97 Å². The minimum atomic E-state index is -1.12. The van der Waals surface area contributed by atoms with E-state index in [1.807, 2.05) is 18.2 Å². The van der Waals surface area contributed by atoms with Crippen molar-refractivity contribution in [2.24, 2.45) is 5.16 Å². The Kier molecular flexibility index (Phi) is 3.57. The van der Waals surface area contributed by atoms with Crippen LogP contribution in [0.2, 0.25) is 0 Å². The average molecular weight is 334 g/mol. The zero-order chi connectivity index (χ0) is 17.4. The SMILES string of the molecule is O=C(O)c1occ(-c2ccc3c(c2)CCC3=NO)c1-c1cccnc1. The fourth-order valence-corrected chi connectivity index (χ4v) is 3.27. The molecule has 2 heterocycles. The molecule has 25 heavy (non-hydrogen) atoms. The van der Waals surface area contributed by atoms with E-state index in [0.29, 0.717) is 28.8 Å². The van der Waals surface area contributed by atoms with Gasteiger partial charge in [0.2, 0.25) is 5.76 Å². The van der Waals surface area contributed by atoms with E-state index in [1.54, 1.807) is 24.5 Å². The van der Waals surface area contributed by atoms with Crippen LogP contribution < -0.4 is 0 Å². The third-order valence-corrected chi connectivity index (χ3v) is 4.41. The first-order valence-corrected chi connectivity index (χ1v) is 7.79. The quantitative estimate of drug-likeness (QED) is 0.560. The Labute approximate surface area is 143 Å². The molecular weight excluding hydrogens is 320 g/mol. The molecule has 1 aromatic carbocycles. The highest BCUT2D eigenvalue weighted by molar-refractivity contribution is 6.05. The number of nitrogens with zero attached hydrogens (tertiary/aromatic N) is 2. The van der Waals surface area contributed by atoms with Crippen molar-refractivity contribution in [1.29, 1.82) is 0 Å². The van der Waals surface area contributed by atoms with Crippen LogP contribution in [-0.4, -0.2) is 27.0 Å². The minimum absolute atomic E-state index is 0.110. The number of aromatic nitrogens is 1. The Morgan fingerprint density at radius 1 is 1.16 bits per heavy atom. The molecule has 0 bridgehead atoms. The summed E-state index contributed by atoms with van der Waals surface area (Å²) in [7, 11) is 0. The van der Waals surface area contributed by atoms with Crippen LogP contribution in [0.15, 0.2) is 58.6 Å². The van der Waals surface area contributed by atoms with E-state index in [1.165, 1.54) is 6.26 Å². The maximum Gasteiger partial charge on any atom is 0.372 e. The average Bonchev–Trinajstić information content (AvgIpc) is 3.26. The molecule has 0 spiro atoms. The van der Waals surface area contributed by atoms with Crippen molar-refractivity contribution in [2.45, 2.75) is 12.8 Å². The highest BCUT2D eigenvalue weighted by Crippen LogP contribution is 2.38. The minimum Gasteiger partial charge on any atom is -0.475 e. The molecule has 0 aliphatic heterocycles. The number of furan rings is 1. The van der Waals surface area contributed by atoms with Crippen LogP contribution in [0.4, 0.5) is 0 Å². The van der Waals surface area contributed by atoms with Gasteiger partial charge in [0, 0.05) is 34.6 Å². The molecule has 6 heteroatoms. The molecule has 4 rings (SSSR count). The number of fused-ring (bicyclic) bond motifs is 1. The third kappa shape index (κ3) is 2.48. The van der Waals surface area contributed by atoms with E-state index in [0.717, 1.165) is 23.1 Å². The van der Waals surface area contributed by atoms with Gasteiger partial charge in [0.05, 0.1) is 5.71 Å². The third-order valence-electron chi connectivity index (χ3n) is 4.41. The van der Waals surface area contributed by atoms with Crippen LogP contribution in [-0.2, 0) is 6.42 Å². The number of oxime groups is 1. The second-order valence-corrected chi connectivity index (χ2v) is 5.82. The van der Waals surface area contributed by atoms with Gasteiger partial charge in [-0.2, -0.15) is 0 Å². The van der Waals surface area contributed by atoms with Gasteiger partial charge in [-0.3, -0.25) is 4.98 Å². The molecule has 0 radical (unpaired) electrons. The second kappa shape index (κ2) is 5.90. The Balaban J connectivity index is 1.89. The van der Waals surface area contributed by atoms with Crippen LogP contribution in [0.25, 0.3) is 22.3 Å². The number of hydrogen-bond acceptors (Lipinski definition) is 5. The lowest BCUT2D eigenvalue weighted by Crippen LogP contribution is -1.97. The summed E-state index contributed by atoms with van der Waals surface area (Å²) >= 11 is 0. The predicted molar refractivity (Wildman–Crippen MR) is 91.0 cm³/mol. The molecule has 2 N–H and O–H groups in total. The monoisotopic (exact) mass is 334 g/mol. The molecule has 1 aliphatic carbocycles. The summed E-state index contributed by atoms with van der Waals surface area (Å²) < 4.78 is 5.34. The van der Waals surface area contributed by atoms with Crippen molar-refractivity contribution in [3.63, 3.8) is 0 Å². The number of pyridine rings is 1. The Bertz CT molecular complexity index is 990. The first-order chi connectivity index (χ1) is 12.2. The van der Waals surface area contributed by atoms with Crippen molar-refractivity contribution in [2.75, 3.05) is 0 Å². The number of carboxylic acids is 1. The van der Waals surface area contributed by atoms with E-state index in [-0.39, 0.29) is 5.76 Å². The van der Waals surface area contributed by atoms with Crippen LogP contribution in [0.5, 0.6) is 0 Å². The molecule has 0 unspecified atom stereocenters. The van der Waals surface area contributed by atoms with Gasteiger partial charge >= 0.3 is 5.97 Å². The Morgan fingerprint density at radius 2 is 2.04 bits per heavy atom. The summed E-state index contributed by atoms with van der Waals surface area (Å²) in [5, 5.41) is 21.8. The molecule has 3 aromatic rings. The fraction of sp³-hybridized carbons (Fsp3) is 0.105. The van der Waals surface area contributed by atoms with Crippen molar-refractivity contribution < 1.29 is 19.5 Å². The highest BCUT2D eigenvalue weighted by atomic mass is 16.4. The molecule has 0 amide bonds. The molecule has 2 aromatic heterocycles. The molecule has 0 saturated carbocycles. The van der Waals surface area contributed by atoms with Crippen molar-refractivity contribution in [1.82, 2.24) is 4.98 Å². The zero-order valence-electron chi connectivity index (χ0n) is 13.1. The first kappa shape index (κ1) is 15.1. The van der Waals surface area contributed by atoms with Crippen LogP contribution >= 0.6 is 0 Å². The van der Waals surface area contributed by atoms with Crippen molar-refractivity contribution in [3.8, 4) is 22.3 Å². The lowest BCUT2D eigenvalue weighted by molar-refractivity contribution is 0.0663. The summed E-state index contributed by atoms with van der Waals surface area (Å²) in [6.45, 7) is 0. The Morgan fingerprint density at radius 3 is 2.76 bits per heavy atom. The Hall–Kier alpha value is -3.41. The van der Waals surface area contributed by atoms with Gasteiger partial charge < -0.3 is 14.7 Å². The number of aromatic carboxylic acids is 1. The first-order valence-electron chi connectivity index (χ1n) is 7.79. The summed E-state index contributed by atoms with van der Waals surface area (Å²) in [6.07, 6.45) is 6.19. The van der Waals surface area contributed by atoms with E-state index in [2.05, 4.69) is 10.1 Å². The maximum atomic E-state index is 11.6. The normalized spacial score (nSPS) is 14.6. The summed E-state index contributed by atoms with van der Waals surface area (Å²) in [5.41, 5.74) is 5.41. The summed E-state index contributed by atoms with van der Waals surface area (Å²) in [4.78, 5) is 15.6. The number of aryl methyl sites for hydroxylation is 1. The smallest absolute Gasteiger partial charge is 0.372 e. The van der Waals surface area contributed by atoms with Crippen LogP contribution in [0.1, 0.15) is 28.1 Å². The van der Waals surface area contributed by atoms with Gasteiger partial charge in [-0.05, 0) is 30.0 Å². The largest absolute Gasteiger partial charge is 0.475 e. The van der Waals surface area contributed by atoms with Gasteiger partial charge in [0.1, 0.15) is 6.26 Å². The second-order valence-electron chi connectivity index (χ2n) is 5.82. The molecular formula is C19H14N2O4. The molecule has 0 atom stereocenters. The lowest BCUT2D eigenvalue weighted by atomic mass is 9.95. The van der Waals surface area contributed by atoms with Gasteiger partial charge in [-0.25, -0.2) is 4.79 Å². The molecule has 1 aliphatic rings. The molecule has 0 fully saturated rings. The topological polar surface area (TPSA) is 95.9 Å². The number of carbonyl (C=O) groups is 1. The molecule has 0 saturated heterocycles. The summed E-state index contributed by atoms with van der Waals surface area (Å²) in [6, 6.07) is 9.32. The molecule has 6 nitrogen and oxygen atoms in total. The van der Waals surface area contributed by atoms with Gasteiger partial charge in [-0.15, -0.1) is 0 Å². The summed E-state index contributed by atoms with van der Waals surface area (Å²) in [5.74, 6) is -1.23. The van der Waals surface area contributed by atoms with Gasteiger partial charge in [0.25, 0.3) is 0 Å². The van der Waals surface area contributed by atoms with E-state index >= 15 is 0 Å². The molecule has 124 valence electrons.